The first-order valence-corrected chi connectivity index (χ1v) is 25.4. The number of esters is 2. The van der Waals surface area contributed by atoms with E-state index in [2.05, 4.69) is 72.4 Å². The number of nitrogens with two attached hydrogens (primary N) is 1. The van der Waals surface area contributed by atoms with Crippen LogP contribution in [-0.4, -0.2) is 68.4 Å². The number of carbonyl (C=O) groups excluding carboxylic acids is 2. The van der Waals surface area contributed by atoms with E-state index in [0.29, 0.717) is 24.4 Å². The molecule has 0 bridgehead atoms. The molecule has 3 saturated carbocycles. The monoisotopic (exact) mass is 853 g/mol. The van der Waals surface area contributed by atoms with Crippen molar-refractivity contribution < 1.29 is 23.8 Å². The van der Waals surface area contributed by atoms with Gasteiger partial charge in [0, 0.05) is 18.4 Å². The number of hydrogen-bond donors (Lipinski definition) is 1. The summed E-state index contributed by atoms with van der Waals surface area (Å²) in [5, 5.41) is 0. The maximum atomic E-state index is 13.5. The molecular weight excluding hydrogens is 757 g/mol. The lowest BCUT2D eigenvalue weighted by Crippen LogP contribution is -2.62. The second kappa shape index (κ2) is 23.0. The van der Waals surface area contributed by atoms with Gasteiger partial charge in [-0.2, -0.15) is 0 Å². The Labute approximate surface area is 375 Å². The van der Waals surface area contributed by atoms with Gasteiger partial charge in [0.05, 0.1) is 6.10 Å². The van der Waals surface area contributed by atoms with Gasteiger partial charge < -0.3 is 24.8 Å². The van der Waals surface area contributed by atoms with Crippen molar-refractivity contribution in [3.8, 4) is 0 Å². The van der Waals surface area contributed by atoms with Gasteiger partial charge >= 0.3 is 11.9 Å². The highest BCUT2D eigenvalue weighted by atomic mass is 16.5. The van der Waals surface area contributed by atoms with Crippen molar-refractivity contribution in [1.29, 1.82) is 0 Å². The number of unbranched alkanes of at least 4 members (excludes halogenated alkanes) is 2. The Hall–Kier alpha value is -1.70. The molecule has 0 amide bonds. The van der Waals surface area contributed by atoms with Crippen LogP contribution >= 0.6 is 0 Å². The van der Waals surface area contributed by atoms with Gasteiger partial charge in [-0.3, -0.25) is 9.59 Å². The highest BCUT2D eigenvalue weighted by molar-refractivity contribution is 5.81. The minimum atomic E-state index is -1.36. The summed E-state index contributed by atoms with van der Waals surface area (Å²) in [6.07, 6.45) is 26.5. The summed E-state index contributed by atoms with van der Waals surface area (Å²) in [4.78, 5) is 28.8. The van der Waals surface area contributed by atoms with Crippen LogP contribution in [0.2, 0.25) is 0 Å². The molecule has 7 heteroatoms. The molecule has 0 heterocycles. The topological polar surface area (TPSA) is 91.1 Å². The minimum Gasteiger partial charge on any atom is -0.462 e. The van der Waals surface area contributed by atoms with E-state index in [1.165, 1.54) is 51.4 Å². The van der Waals surface area contributed by atoms with Gasteiger partial charge in [-0.1, -0.05) is 125 Å². The second-order valence-electron chi connectivity index (χ2n) is 23.3. The lowest BCUT2D eigenvalue weighted by molar-refractivity contribution is -0.169. The number of fused-ring (bicyclic) bond motifs is 5. The summed E-state index contributed by atoms with van der Waals surface area (Å²) in [5.41, 5.74) is 6.71. The van der Waals surface area contributed by atoms with Crippen LogP contribution in [0.25, 0.3) is 0 Å². The third-order valence-electron chi connectivity index (χ3n) is 17.0. The van der Waals surface area contributed by atoms with Crippen molar-refractivity contribution in [3.63, 3.8) is 0 Å². The third kappa shape index (κ3) is 13.7. The van der Waals surface area contributed by atoms with Crippen LogP contribution in [0, 0.1) is 63.6 Å². The van der Waals surface area contributed by atoms with E-state index >= 15 is 0 Å². The second-order valence-corrected chi connectivity index (χ2v) is 23.3. The van der Waals surface area contributed by atoms with Crippen molar-refractivity contribution in [2.75, 3.05) is 33.9 Å². The quantitative estimate of drug-likeness (QED) is 0.0556. The van der Waals surface area contributed by atoms with E-state index in [1.807, 2.05) is 34.0 Å². The first kappa shape index (κ1) is 51.9. The Bertz CT molecular complexity index is 1430. The predicted molar refractivity (Wildman–Crippen MR) is 254 cm³/mol. The molecule has 0 aromatic heterocycles. The molecule has 4 aliphatic carbocycles. The molecule has 0 aromatic rings. The SMILES string of the molecule is CCCC(C)(C)/C=C/COC(=O)C(C)(N)C(C)(C)C(CCCCCO[C@H]1CC[C@@]2(C)C(=CCC3C4CC[C@H]([C@H](C)CCCC(C)C)C4[C@H](C)CC32)C1)OC(=O)CCCN(C)C. The van der Waals surface area contributed by atoms with Crippen molar-refractivity contribution in [1.82, 2.24) is 4.90 Å². The number of hydrogen-bond acceptors (Lipinski definition) is 7. The average molecular weight is 853 g/mol. The van der Waals surface area contributed by atoms with E-state index in [9.17, 15) is 9.59 Å². The van der Waals surface area contributed by atoms with Crippen LogP contribution in [-0.2, 0) is 23.8 Å². The Balaban J connectivity index is 1.28. The van der Waals surface area contributed by atoms with Gasteiger partial charge in [0.2, 0.25) is 0 Å². The maximum absolute atomic E-state index is 13.5. The normalized spacial score (nSPS) is 30.0. The third-order valence-corrected chi connectivity index (χ3v) is 17.0. The molecule has 11 atom stereocenters. The fourth-order valence-electron chi connectivity index (χ4n) is 12.8. The molecule has 0 saturated heterocycles. The number of nitrogens with zero attached hydrogens (tertiary/aromatic N) is 1. The van der Waals surface area contributed by atoms with Gasteiger partial charge in [-0.05, 0) is 163 Å². The van der Waals surface area contributed by atoms with Crippen LogP contribution in [0.1, 0.15) is 192 Å². The summed E-state index contributed by atoms with van der Waals surface area (Å²) in [6, 6.07) is 0. The van der Waals surface area contributed by atoms with E-state index < -0.39 is 23.0 Å². The number of ether oxygens (including phenoxy) is 3. The molecule has 2 N–H and O–H groups in total. The van der Waals surface area contributed by atoms with Crippen molar-refractivity contribution in [2.24, 2.45) is 69.3 Å². The van der Waals surface area contributed by atoms with Crippen molar-refractivity contribution in [3.05, 3.63) is 23.8 Å². The van der Waals surface area contributed by atoms with Crippen LogP contribution in [0.5, 0.6) is 0 Å². The molecule has 0 radical (unpaired) electrons. The largest absolute Gasteiger partial charge is 0.462 e. The smallest absolute Gasteiger partial charge is 0.326 e. The lowest BCUT2D eigenvalue weighted by Gasteiger charge is -2.57. The first-order valence-electron chi connectivity index (χ1n) is 25.4. The number of allylic oxidation sites excluding steroid dienone is 2. The molecule has 0 spiro atoms. The highest BCUT2D eigenvalue weighted by Gasteiger charge is 2.57. The minimum absolute atomic E-state index is 0.0430. The molecule has 0 aromatic carbocycles. The molecule has 3 fully saturated rings. The van der Waals surface area contributed by atoms with Gasteiger partial charge in [0.1, 0.15) is 18.2 Å². The van der Waals surface area contributed by atoms with Gasteiger partial charge in [0.25, 0.3) is 0 Å². The summed E-state index contributed by atoms with van der Waals surface area (Å²) in [6.45, 7) is 26.5. The van der Waals surface area contributed by atoms with Crippen molar-refractivity contribution in [2.45, 2.75) is 209 Å². The summed E-state index contributed by atoms with van der Waals surface area (Å²) < 4.78 is 18.6. The molecular formula is C54H96N2O5. The summed E-state index contributed by atoms with van der Waals surface area (Å²) in [7, 11) is 4.01. The Kier molecular flexibility index (Phi) is 19.5. The average Bonchev–Trinajstić information content (AvgIpc) is 3.64. The highest BCUT2D eigenvalue weighted by Crippen LogP contribution is 2.64. The van der Waals surface area contributed by atoms with Crippen molar-refractivity contribution >= 4 is 11.9 Å². The fourth-order valence-corrected chi connectivity index (χ4v) is 12.8. The Morgan fingerprint density at radius 2 is 1.70 bits per heavy atom. The van der Waals surface area contributed by atoms with Gasteiger partial charge in [0.15, 0.2) is 0 Å². The molecule has 352 valence electrons. The maximum Gasteiger partial charge on any atom is 0.326 e. The van der Waals surface area contributed by atoms with E-state index in [1.54, 1.807) is 12.5 Å². The molecule has 6 unspecified atom stereocenters. The summed E-state index contributed by atoms with van der Waals surface area (Å²) >= 11 is 0. The molecule has 61 heavy (non-hydrogen) atoms. The fraction of sp³-hybridized carbons (Fsp3) is 0.889. The van der Waals surface area contributed by atoms with Crippen LogP contribution in [0.4, 0.5) is 0 Å². The van der Waals surface area contributed by atoms with Gasteiger partial charge in [-0.25, -0.2) is 0 Å². The summed E-state index contributed by atoms with van der Waals surface area (Å²) in [5.74, 6) is 6.33. The van der Waals surface area contributed by atoms with Crippen LogP contribution in [0.3, 0.4) is 0 Å². The van der Waals surface area contributed by atoms with Crippen LogP contribution < -0.4 is 5.73 Å². The zero-order chi connectivity index (χ0) is 45.2. The van der Waals surface area contributed by atoms with E-state index in [-0.39, 0.29) is 18.0 Å². The molecule has 4 aliphatic rings. The van der Waals surface area contributed by atoms with Gasteiger partial charge in [-0.15, -0.1) is 0 Å². The molecule has 4 rings (SSSR count). The number of rotatable bonds is 25. The zero-order valence-corrected chi connectivity index (χ0v) is 41.9. The number of carbonyl (C=O) groups is 2. The van der Waals surface area contributed by atoms with E-state index in [0.717, 1.165) is 112 Å². The first-order chi connectivity index (χ1) is 28.6. The predicted octanol–water partition coefficient (Wildman–Crippen LogP) is 12.8. The lowest BCUT2D eigenvalue weighted by atomic mass is 9.48. The zero-order valence-electron chi connectivity index (χ0n) is 41.9. The molecule has 0 aliphatic heterocycles. The Morgan fingerprint density at radius 1 is 0.967 bits per heavy atom. The Morgan fingerprint density at radius 3 is 2.39 bits per heavy atom. The standard InChI is InChI=1S/C54H96N2O5/c1-14-30-51(6,7)31-20-35-60-50(58)54(11,55)52(8,9)47(61-48(57)24-19-33-56(12)13)23-16-15-17-34-59-42-29-32-53(10)41(37-42)25-26-44-45-28-27-43(39(4)22-18-21-38(2)3)49(45)40(5)36-46(44)53/h20,25,31,38-40,42-47,49H,14-19,21-24,26-30,32-37,55H2,1-13H3/b31-20+/t39-,40-,42+,43-,44?,45?,46?,47?,49?,53+,54?/m1/s1. The molecule has 7 nitrogen and oxygen atoms in total. The van der Waals surface area contributed by atoms with E-state index in [4.69, 9.17) is 19.9 Å². The van der Waals surface area contributed by atoms with Crippen LogP contribution in [0.15, 0.2) is 23.8 Å².